The molecule has 0 spiro atoms. The van der Waals surface area contributed by atoms with Crippen molar-refractivity contribution in [3.05, 3.63) is 58.9 Å². The van der Waals surface area contributed by atoms with E-state index in [1.807, 2.05) is 30.3 Å². The summed E-state index contributed by atoms with van der Waals surface area (Å²) < 4.78 is 13.6. The number of aromatic amines is 2. The van der Waals surface area contributed by atoms with Gasteiger partial charge in [-0.15, -0.1) is 0 Å². The number of rotatable bonds is 2. The van der Waals surface area contributed by atoms with Crippen LogP contribution in [0.15, 0.2) is 42.5 Å². The van der Waals surface area contributed by atoms with E-state index >= 15 is 0 Å². The van der Waals surface area contributed by atoms with Crippen molar-refractivity contribution >= 4 is 22.6 Å². The Bertz CT molecular complexity index is 962. The van der Waals surface area contributed by atoms with E-state index in [2.05, 4.69) is 20.2 Å². The number of benzene rings is 2. The summed E-state index contributed by atoms with van der Waals surface area (Å²) >= 11 is 5.90. The number of aryl methyl sites for hydroxylation is 1. The molecule has 4 nitrogen and oxygen atoms in total. The van der Waals surface area contributed by atoms with Crippen LogP contribution in [0.5, 0.6) is 0 Å². The minimum Gasteiger partial charge on any atom is -0.337 e. The molecule has 0 unspecified atom stereocenters. The van der Waals surface area contributed by atoms with Gasteiger partial charge in [-0.1, -0.05) is 23.7 Å². The van der Waals surface area contributed by atoms with Crippen LogP contribution in [0.2, 0.25) is 5.02 Å². The first-order valence-corrected chi connectivity index (χ1v) is 7.45. The summed E-state index contributed by atoms with van der Waals surface area (Å²) in [5.41, 5.74) is 4.45. The molecular formula is C17H12ClFN4. The fourth-order valence-corrected chi connectivity index (χ4v) is 2.60. The van der Waals surface area contributed by atoms with Gasteiger partial charge in [0.05, 0.1) is 16.7 Å². The van der Waals surface area contributed by atoms with Crippen LogP contribution in [0.3, 0.4) is 0 Å². The molecule has 6 heteroatoms. The lowest BCUT2D eigenvalue weighted by atomic mass is 10.1. The SMILES string of the molecule is Cc1cc2[nH]c(-c3cc(-c4ccc(Cl)cc4)n[nH]3)nc2cc1F. The molecule has 0 aliphatic rings. The summed E-state index contributed by atoms with van der Waals surface area (Å²) in [4.78, 5) is 7.60. The number of hydrogen-bond donors (Lipinski definition) is 2. The summed E-state index contributed by atoms with van der Waals surface area (Å²) in [6, 6.07) is 12.5. The Labute approximate surface area is 136 Å². The Hall–Kier alpha value is -2.66. The van der Waals surface area contributed by atoms with E-state index in [4.69, 9.17) is 11.6 Å². The van der Waals surface area contributed by atoms with Gasteiger partial charge < -0.3 is 4.98 Å². The van der Waals surface area contributed by atoms with Crippen molar-refractivity contribution in [1.82, 2.24) is 20.2 Å². The number of aromatic nitrogens is 4. The van der Waals surface area contributed by atoms with Gasteiger partial charge in [-0.3, -0.25) is 5.10 Å². The van der Waals surface area contributed by atoms with Crippen molar-refractivity contribution in [3.8, 4) is 22.8 Å². The van der Waals surface area contributed by atoms with Crippen LogP contribution >= 0.6 is 11.6 Å². The molecule has 2 aromatic heterocycles. The summed E-state index contributed by atoms with van der Waals surface area (Å²) in [5.74, 6) is 0.361. The minimum absolute atomic E-state index is 0.262. The second kappa shape index (κ2) is 5.21. The zero-order valence-electron chi connectivity index (χ0n) is 12.2. The average Bonchev–Trinajstić information content (AvgIpc) is 3.15. The maximum atomic E-state index is 13.6. The van der Waals surface area contributed by atoms with Gasteiger partial charge >= 0.3 is 0 Å². The third kappa shape index (κ3) is 2.49. The largest absolute Gasteiger partial charge is 0.337 e. The molecule has 0 fully saturated rings. The van der Waals surface area contributed by atoms with Crippen LogP contribution in [0, 0.1) is 12.7 Å². The molecule has 0 amide bonds. The van der Waals surface area contributed by atoms with E-state index in [1.54, 1.807) is 13.0 Å². The van der Waals surface area contributed by atoms with Gasteiger partial charge in [0.25, 0.3) is 0 Å². The zero-order chi connectivity index (χ0) is 16.0. The van der Waals surface area contributed by atoms with Gasteiger partial charge in [-0.25, -0.2) is 9.37 Å². The minimum atomic E-state index is -0.262. The number of nitrogens with zero attached hydrogens (tertiary/aromatic N) is 2. The topological polar surface area (TPSA) is 57.4 Å². The highest BCUT2D eigenvalue weighted by Gasteiger charge is 2.11. The van der Waals surface area contributed by atoms with E-state index in [1.165, 1.54) is 6.07 Å². The average molecular weight is 327 g/mol. The fourth-order valence-electron chi connectivity index (χ4n) is 2.48. The Morgan fingerprint density at radius 2 is 1.87 bits per heavy atom. The lowest BCUT2D eigenvalue weighted by Gasteiger charge is -1.94. The van der Waals surface area contributed by atoms with Crippen molar-refractivity contribution < 1.29 is 4.39 Å². The smallest absolute Gasteiger partial charge is 0.156 e. The monoisotopic (exact) mass is 326 g/mol. The molecule has 0 saturated carbocycles. The molecule has 23 heavy (non-hydrogen) atoms. The lowest BCUT2D eigenvalue weighted by molar-refractivity contribution is 0.620. The Morgan fingerprint density at radius 1 is 1.09 bits per heavy atom. The van der Waals surface area contributed by atoms with E-state index in [9.17, 15) is 4.39 Å². The number of imidazole rings is 1. The highest BCUT2D eigenvalue weighted by Crippen LogP contribution is 2.25. The summed E-state index contributed by atoms with van der Waals surface area (Å²) in [5, 5.41) is 7.93. The maximum Gasteiger partial charge on any atom is 0.156 e. The summed E-state index contributed by atoms with van der Waals surface area (Å²) in [6.45, 7) is 1.73. The first-order valence-electron chi connectivity index (χ1n) is 7.08. The standard InChI is InChI=1S/C17H12ClFN4/c1-9-6-14-15(7-12(9)19)21-17(20-14)16-8-13(22-23-16)10-2-4-11(18)5-3-10/h2-8H,1H3,(H,20,21)(H,22,23). The number of fused-ring (bicyclic) bond motifs is 1. The molecule has 0 radical (unpaired) electrons. The molecule has 0 aliphatic carbocycles. The van der Waals surface area contributed by atoms with Crippen LogP contribution in [0.25, 0.3) is 33.8 Å². The van der Waals surface area contributed by atoms with Crippen LogP contribution in [0.4, 0.5) is 4.39 Å². The van der Waals surface area contributed by atoms with E-state index in [-0.39, 0.29) is 5.82 Å². The summed E-state index contributed by atoms with van der Waals surface area (Å²) in [7, 11) is 0. The number of hydrogen-bond acceptors (Lipinski definition) is 2. The van der Waals surface area contributed by atoms with Crippen molar-refractivity contribution in [2.24, 2.45) is 0 Å². The first kappa shape index (κ1) is 14.0. The Balaban J connectivity index is 1.75. The normalized spacial score (nSPS) is 11.3. The van der Waals surface area contributed by atoms with Gasteiger partial charge in [0.15, 0.2) is 5.82 Å². The zero-order valence-corrected chi connectivity index (χ0v) is 12.9. The molecule has 2 heterocycles. The predicted molar refractivity (Wildman–Crippen MR) is 88.8 cm³/mol. The van der Waals surface area contributed by atoms with Gasteiger partial charge in [0.1, 0.15) is 11.5 Å². The molecular weight excluding hydrogens is 315 g/mol. The molecule has 2 N–H and O–H groups in total. The third-order valence-electron chi connectivity index (χ3n) is 3.74. The van der Waals surface area contributed by atoms with Crippen molar-refractivity contribution in [2.45, 2.75) is 6.92 Å². The van der Waals surface area contributed by atoms with Crippen LogP contribution in [-0.2, 0) is 0 Å². The van der Waals surface area contributed by atoms with Crippen LogP contribution in [0.1, 0.15) is 5.56 Å². The quantitative estimate of drug-likeness (QED) is 0.560. The molecule has 114 valence electrons. The molecule has 0 saturated heterocycles. The van der Waals surface area contributed by atoms with Gasteiger partial charge in [-0.05, 0) is 36.8 Å². The van der Waals surface area contributed by atoms with Crippen molar-refractivity contribution in [1.29, 1.82) is 0 Å². The molecule has 0 aliphatic heterocycles. The van der Waals surface area contributed by atoms with E-state index in [0.29, 0.717) is 21.9 Å². The van der Waals surface area contributed by atoms with Gasteiger partial charge in [-0.2, -0.15) is 5.10 Å². The highest BCUT2D eigenvalue weighted by molar-refractivity contribution is 6.30. The lowest BCUT2D eigenvalue weighted by Crippen LogP contribution is -1.81. The number of halogens is 2. The fraction of sp³-hybridized carbons (Fsp3) is 0.0588. The van der Waals surface area contributed by atoms with Crippen LogP contribution < -0.4 is 0 Å². The predicted octanol–water partition coefficient (Wildman–Crippen LogP) is 4.72. The first-order chi connectivity index (χ1) is 11.1. The molecule has 4 aromatic rings. The summed E-state index contributed by atoms with van der Waals surface area (Å²) in [6.07, 6.45) is 0. The second-order valence-corrected chi connectivity index (χ2v) is 5.81. The highest BCUT2D eigenvalue weighted by atomic mass is 35.5. The van der Waals surface area contributed by atoms with Crippen molar-refractivity contribution in [3.63, 3.8) is 0 Å². The van der Waals surface area contributed by atoms with Gasteiger partial charge in [0, 0.05) is 16.7 Å². The second-order valence-electron chi connectivity index (χ2n) is 5.38. The molecule has 2 aromatic carbocycles. The number of nitrogens with one attached hydrogen (secondary N) is 2. The third-order valence-corrected chi connectivity index (χ3v) is 3.99. The van der Waals surface area contributed by atoms with Gasteiger partial charge in [0.2, 0.25) is 0 Å². The molecule has 0 atom stereocenters. The van der Waals surface area contributed by atoms with E-state index in [0.717, 1.165) is 22.5 Å². The Morgan fingerprint density at radius 3 is 2.65 bits per heavy atom. The van der Waals surface area contributed by atoms with E-state index < -0.39 is 0 Å². The molecule has 0 bridgehead atoms. The van der Waals surface area contributed by atoms with Crippen molar-refractivity contribution in [2.75, 3.05) is 0 Å². The van der Waals surface area contributed by atoms with Crippen LogP contribution in [-0.4, -0.2) is 20.2 Å². The maximum absolute atomic E-state index is 13.6. The number of H-pyrrole nitrogens is 2. The molecule has 4 rings (SSSR count). The Kier molecular flexibility index (Phi) is 3.16.